The van der Waals surface area contributed by atoms with Crippen LogP contribution in [-0.2, 0) is 19.9 Å². The Bertz CT molecular complexity index is 762. The largest absolute Gasteiger partial charge is 0.449 e. The van der Waals surface area contributed by atoms with Crippen molar-refractivity contribution < 1.29 is 19.1 Å². The molecule has 2 aromatic carbocycles. The van der Waals surface area contributed by atoms with Gasteiger partial charge in [0, 0.05) is 12.5 Å². The highest BCUT2D eigenvalue weighted by Gasteiger charge is 2.38. The number of benzene rings is 2. The molecule has 138 valence electrons. The molecule has 0 aliphatic rings. The topological polar surface area (TPSA) is 52.6 Å². The smallest absolute Gasteiger partial charge is 0.312 e. The first-order valence-corrected chi connectivity index (χ1v) is 8.77. The van der Waals surface area contributed by atoms with Crippen LogP contribution in [0.4, 0.5) is 0 Å². The average molecular weight is 354 g/mol. The molecule has 0 bridgehead atoms. The molecule has 0 N–H and O–H groups in total. The molecule has 0 fully saturated rings. The van der Waals surface area contributed by atoms with Gasteiger partial charge in [-0.05, 0) is 44.9 Å². The quantitative estimate of drug-likeness (QED) is 0.549. The third-order valence-corrected chi connectivity index (χ3v) is 4.72. The van der Waals surface area contributed by atoms with Crippen molar-refractivity contribution in [3.8, 4) is 5.75 Å². The lowest BCUT2D eigenvalue weighted by molar-refractivity contribution is -0.166. The molecule has 0 radical (unpaired) electrons. The van der Waals surface area contributed by atoms with Gasteiger partial charge >= 0.3 is 11.9 Å². The Hall–Kier alpha value is -2.62. The molecule has 0 heterocycles. The minimum atomic E-state index is -0.945. The van der Waals surface area contributed by atoms with Gasteiger partial charge in [-0.25, -0.2) is 0 Å². The molecule has 4 nitrogen and oxygen atoms in total. The number of esters is 2. The van der Waals surface area contributed by atoms with E-state index in [0.29, 0.717) is 12.2 Å². The number of ether oxygens (including phenoxy) is 2. The Labute approximate surface area is 155 Å². The highest BCUT2D eigenvalue weighted by atomic mass is 16.6. The standard InChI is InChI=1S/C22H26O4/c1-6-21(3,4)20(24)26-22(5,17-10-8-7-9-11-17)18-12-14-19(15-13-18)25-16(2)23/h7-15H,6H2,1-5H3. The molecule has 0 aliphatic carbocycles. The first kappa shape index (κ1) is 19.7. The highest BCUT2D eigenvalue weighted by molar-refractivity contribution is 5.77. The van der Waals surface area contributed by atoms with Crippen LogP contribution in [0.25, 0.3) is 0 Å². The molecule has 1 atom stereocenters. The summed E-state index contributed by atoms with van der Waals surface area (Å²) in [5.74, 6) is -0.174. The maximum Gasteiger partial charge on any atom is 0.312 e. The van der Waals surface area contributed by atoms with E-state index >= 15 is 0 Å². The molecule has 4 heteroatoms. The zero-order chi connectivity index (χ0) is 19.4. The summed E-state index contributed by atoms with van der Waals surface area (Å²) in [5, 5.41) is 0. The van der Waals surface area contributed by atoms with Crippen molar-refractivity contribution in [3.05, 3.63) is 65.7 Å². The van der Waals surface area contributed by atoms with Gasteiger partial charge in [-0.15, -0.1) is 0 Å². The molecule has 2 aromatic rings. The molecule has 1 unspecified atom stereocenters. The van der Waals surface area contributed by atoms with E-state index in [4.69, 9.17) is 9.47 Å². The summed E-state index contributed by atoms with van der Waals surface area (Å²) in [6.07, 6.45) is 0.683. The van der Waals surface area contributed by atoms with Gasteiger partial charge in [0.25, 0.3) is 0 Å². The Morgan fingerprint density at radius 1 is 0.885 bits per heavy atom. The van der Waals surface area contributed by atoms with E-state index in [1.54, 1.807) is 12.1 Å². The zero-order valence-corrected chi connectivity index (χ0v) is 16.0. The molecular weight excluding hydrogens is 328 g/mol. The molecule has 0 saturated heterocycles. The lowest BCUT2D eigenvalue weighted by atomic mass is 9.86. The number of hydrogen-bond acceptors (Lipinski definition) is 4. The zero-order valence-electron chi connectivity index (χ0n) is 16.0. The van der Waals surface area contributed by atoms with Gasteiger partial charge in [0.15, 0.2) is 5.60 Å². The predicted octanol–water partition coefficient (Wildman–Crippen LogP) is 4.85. The second-order valence-corrected chi connectivity index (χ2v) is 7.14. The Kier molecular flexibility index (Phi) is 5.86. The van der Waals surface area contributed by atoms with Gasteiger partial charge < -0.3 is 9.47 Å². The van der Waals surface area contributed by atoms with Crippen molar-refractivity contribution >= 4 is 11.9 Å². The number of rotatable bonds is 6. The molecule has 0 amide bonds. The van der Waals surface area contributed by atoms with Gasteiger partial charge in [-0.1, -0.05) is 49.4 Å². The fraction of sp³-hybridized carbons (Fsp3) is 0.364. The van der Waals surface area contributed by atoms with E-state index in [-0.39, 0.29) is 11.9 Å². The van der Waals surface area contributed by atoms with E-state index in [2.05, 4.69) is 0 Å². The minimum absolute atomic E-state index is 0.254. The van der Waals surface area contributed by atoms with Crippen LogP contribution in [0.15, 0.2) is 54.6 Å². The minimum Gasteiger partial charge on any atom is -0.449 e. The molecule has 0 aromatic heterocycles. The van der Waals surface area contributed by atoms with Crippen molar-refractivity contribution in [1.82, 2.24) is 0 Å². The first-order valence-electron chi connectivity index (χ1n) is 8.77. The van der Waals surface area contributed by atoms with Crippen molar-refractivity contribution in [2.75, 3.05) is 0 Å². The number of carbonyl (C=O) groups is 2. The Balaban J connectivity index is 2.44. The molecule has 2 rings (SSSR count). The summed E-state index contributed by atoms with van der Waals surface area (Å²) in [6, 6.07) is 16.7. The van der Waals surface area contributed by atoms with Crippen molar-refractivity contribution in [3.63, 3.8) is 0 Å². The van der Waals surface area contributed by atoms with E-state index in [0.717, 1.165) is 11.1 Å². The highest BCUT2D eigenvalue weighted by Crippen LogP contribution is 2.37. The van der Waals surface area contributed by atoms with Crippen LogP contribution in [-0.4, -0.2) is 11.9 Å². The van der Waals surface area contributed by atoms with Crippen LogP contribution >= 0.6 is 0 Å². The fourth-order valence-electron chi connectivity index (χ4n) is 2.52. The van der Waals surface area contributed by atoms with Crippen LogP contribution in [0.2, 0.25) is 0 Å². The molecule has 0 aliphatic heterocycles. The second kappa shape index (κ2) is 7.73. The molecule has 26 heavy (non-hydrogen) atoms. The van der Waals surface area contributed by atoms with Crippen LogP contribution < -0.4 is 4.74 Å². The maximum absolute atomic E-state index is 12.8. The summed E-state index contributed by atoms with van der Waals surface area (Å²) in [7, 11) is 0. The van der Waals surface area contributed by atoms with Gasteiger partial charge in [0.1, 0.15) is 5.75 Å². The predicted molar refractivity (Wildman–Crippen MR) is 101 cm³/mol. The molecular formula is C22H26O4. The van der Waals surface area contributed by atoms with Crippen LogP contribution in [0.1, 0.15) is 52.2 Å². The van der Waals surface area contributed by atoms with Crippen molar-refractivity contribution in [2.24, 2.45) is 5.41 Å². The lowest BCUT2D eigenvalue weighted by Crippen LogP contribution is -2.36. The Morgan fingerprint density at radius 2 is 1.42 bits per heavy atom. The fourth-order valence-corrected chi connectivity index (χ4v) is 2.52. The van der Waals surface area contributed by atoms with Crippen molar-refractivity contribution in [1.29, 1.82) is 0 Å². The van der Waals surface area contributed by atoms with Crippen LogP contribution in [0.3, 0.4) is 0 Å². The second-order valence-electron chi connectivity index (χ2n) is 7.14. The van der Waals surface area contributed by atoms with Crippen LogP contribution in [0.5, 0.6) is 5.75 Å². The summed E-state index contributed by atoms with van der Waals surface area (Å²) in [6.45, 7) is 8.97. The van der Waals surface area contributed by atoms with Gasteiger partial charge in [-0.2, -0.15) is 0 Å². The van der Waals surface area contributed by atoms with Crippen molar-refractivity contribution in [2.45, 2.75) is 46.6 Å². The third-order valence-electron chi connectivity index (χ3n) is 4.72. The van der Waals surface area contributed by atoms with E-state index < -0.39 is 11.0 Å². The number of carbonyl (C=O) groups excluding carboxylic acids is 2. The summed E-state index contributed by atoms with van der Waals surface area (Å²) >= 11 is 0. The van der Waals surface area contributed by atoms with Gasteiger partial charge in [0.2, 0.25) is 0 Å². The van der Waals surface area contributed by atoms with Gasteiger partial charge in [0.05, 0.1) is 5.41 Å². The maximum atomic E-state index is 12.8. The van der Waals surface area contributed by atoms with Crippen LogP contribution in [0, 0.1) is 5.41 Å². The van der Waals surface area contributed by atoms with E-state index in [1.807, 2.05) is 70.2 Å². The normalized spacial score (nSPS) is 13.6. The van der Waals surface area contributed by atoms with E-state index in [1.165, 1.54) is 6.92 Å². The van der Waals surface area contributed by atoms with Gasteiger partial charge in [-0.3, -0.25) is 9.59 Å². The summed E-state index contributed by atoms with van der Waals surface area (Å²) < 4.78 is 11.1. The lowest BCUT2D eigenvalue weighted by Gasteiger charge is -2.34. The first-order chi connectivity index (χ1) is 12.2. The third kappa shape index (κ3) is 4.31. The Morgan fingerprint density at radius 3 is 1.92 bits per heavy atom. The number of hydrogen-bond donors (Lipinski definition) is 0. The summed E-state index contributed by atoms with van der Waals surface area (Å²) in [4.78, 5) is 23.9. The summed E-state index contributed by atoms with van der Waals surface area (Å²) in [5.41, 5.74) is 0.160. The molecule has 0 saturated carbocycles. The van der Waals surface area contributed by atoms with E-state index in [9.17, 15) is 9.59 Å². The monoisotopic (exact) mass is 354 g/mol. The SMILES string of the molecule is CCC(C)(C)C(=O)OC(C)(c1ccccc1)c1ccc(OC(C)=O)cc1. The average Bonchev–Trinajstić information content (AvgIpc) is 2.62. The molecule has 0 spiro atoms.